The summed E-state index contributed by atoms with van der Waals surface area (Å²) in [6.45, 7) is 8.00. The van der Waals surface area contributed by atoms with Gasteiger partial charge in [0, 0.05) is 26.2 Å². The number of para-hydroxylation sites is 1. The monoisotopic (exact) mass is 270 g/mol. The molecule has 1 unspecified atom stereocenters. The number of ether oxygens (including phenoxy) is 1. The first-order chi connectivity index (χ1) is 8.69. The summed E-state index contributed by atoms with van der Waals surface area (Å²) >= 11 is 6.09. The number of anilines is 1. The number of methoxy groups -OCH3 is 1. The minimum absolute atomic E-state index is 0.438. The van der Waals surface area contributed by atoms with Crippen LogP contribution in [0.1, 0.15) is 13.8 Å². The van der Waals surface area contributed by atoms with Crippen LogP contribution in [0.25, 0.3) is 0 Å². The van der Waals surface area contributed by atoms with E-state index in [0.717, 1.165) is 37.0 Å². The maximum Gasteiger partial charge on any atom is 0.0637 e. The Kier molecular flexibility index (Phi) is 7.09. The lowest BCUT2D eigenvalue weighted by Gasteiger charge is -2.27. The van der Waals surface area contributed by atoms with Gasteiger partial charge in [-0.25, -0.2) is 0 Å². The summed E-state index contributed by atoms with van der Waals surface area (Å²) in [4.78, 5) is 2.38. The van der Waals surface area contributed by atoms with Crippen molar-refractivity contribution in [3.05, 3.63) is 29.3 Å². The molecule has 3 nitrogen and oxygen atoms in total. The fourth-order valence-corrected chi connectivity index (χ4v) is 2.18. The third kappa shape index (κ3) is 4.84. The van der Waals surface area contributed by atoms with Crippen LogP contribution in [0.2, 0.25) is 5.02 Å². The first-order valence-electron chi connectivity index (χ1n) is 6.40. The van der Waals surface area contributed by atoms with Gasteiger partial charge in [-0.05, 0) is 25.6 Å². The smallest absolute Gasteiger partial charge is 0.0637 e. The summed E-state index contributed by atoms with van der Waals surface area (Å²) in [6, 6.07) is 8.26. The highest BCUT2D eigenvalue weighted by Gasteiger charge is 2.11. The van der Waals surface area contributed by atoms with Crippen molar-refractivity contribution < 1.29 is 4.74 Å². The summed E-state index contributed by atoms with van der Waals surface area (Å²) < 4.78 is 5.19. The number of hydrogen-bond donors (Lipinski definition) is 1. The van der Waals surface area contributed by atoms with E-state index in [9.17, 15) is 0 Å². The molecule has 0 amide bonds. The quantitative estimate of drug-likeness (QED) is 0.786. The molecule has 0 spiro atoms. The average Bonchev–Trinajstić information content (AvgIpc) is 2.37. The second-order valence-corrected chi connectivity index (χ2v) is 4.75. The van der Waals surface area contributed by atoms with Crippen molar-refractivity contribution in [1.29, 1.82) is 0 Å². The zero-order valence-electron chi connectivity index (χ0n) is 11.4. The highest BCUT2D eigenvalue weighted by molar-refractivity contribution is 6.33. The average molecular weight is 271 g/mol. The Hall–Kier alpha value is -0.770. The van der Waals surface area contributed by atoms with Crippen LogP contribution in [0.15, 0.2) is 24.3 Å². The Labute approximate surface area is 115 Å². The molecule has 0 heterocycles. The van der Waals surface area contributed by atoms with Crippen LogP contribution >= 0.6 is 11.6 Å². The molecule has 0 aliphatic heterocycles. The largest absolute Gasteiger partial charge is 0.383 e. The summed E-state index contributed by atoms with van der Waals surface area (Å²) in [5.74, 6) is 0. The number of hydrogen-bond acceptors (Lipinski definition) is 3. The molecule has 0 aliphatic rings. The highest BCUT2D eigenvalue weighted by Crippen LogP contribution is 2.19. The molecule has 0 fully saturated rings. The molecular weight excluding hydrogens is 248 g/mol. The van der Waals surface area contributed by atoms with Gasteiger partial charge < -0.3 is 10.1 Å². The molecule has 1 rings (SSSR count). The summed E-state index contributed by atoms with van der Waals surface area (Å²) in [5, 5.41) is 4.13. The topological polar surface area (TPSA) is 24.5 Å². The molecule has 1 N–H and O–H groups in total. The van der Waals surface area contributed by atoms with E-state index < -0.39 is 0 Å². The van der Waals surface area contributed by atoms with E-state index in [0.29, 0.717) is 6.04 Å². The third-order valence-corrected chi connectivity index (χ3v) is 3.36. The molecule has 0 saturated heterocycles. The molecule has 0 saturated carbocycles. The first kappa shape index (κ1) is 15.3. The summed E-state index contributed by atoms with van der Waals surface area (Å²) in [6.07, 6.45) is 0. The first-order valence-corrected chi connectivity index (χ1v) is 6.78. The fraction of sp³-hybridized carbons (Fsp3) is 0.571. The predicted octanol–water partition coefficient (Wildman–Crippen LogP) is 3.11. The van der Waals surface area contributed by atoms with E-state index in [2.05, 4.69) is 24.1 Å². The third-order valence-electron chi connectivity index (χ3n) is 3.03. The van der Waals surface area contributed by atoms with Crippen molar-refractivity contribution in [3.63, 3.8) is 0 Å². The second kappa shape index (κ2) is 8.35. The van der Waals surface area contributed by atoms with Gasteiger partial charge in [0.25, 0.3) is 0 Å². The molecule has 4 heteroatoms. The van der Waals surface area contributed by atoms with Gasteiger partial charge in [0.05, 0.1) is 17.3 Å². The number of likely N-dealkylation sites (N-methyl/N-ethyl adjacent to an activating group) is 1. The lowest BCUT2D eigenvalue weighted by molar-refractivity contribution is 0.105. The lowest BCUT2D eigenvalue weighted by Crippen LogP contribution is -2.39. The molecule has 0 aromatic heterocycles. The number of rotatable bonds is 8. The van der Waals surface area contributed by atoms with Gasteiger partial charge in [0.2, 0.25) is 0 Å². The van der Waals surface area contributed by atoms with E-state index in [1.165, 1.54) is 0 Å². The Balaban J connectivity index is 2.38. The molecule has 0 radical (unpaired) electrons. The molecule has 102 valence electrons. The Morgan fingerprint density at radius 1 is 1.39 bits per heavy atom. The van der Waals surface area contributed by atoms with Crippen LogP contribution in [-0.4, -0.2) is 44.3 Å². The zero-order chi connectivity index (χ0) is 13.4. The van der Waals surface area contributed by atoms with Gasteiger partial charge in [-0.2, -0.15) is 0 Å². The van der Waals surface area contributed by atoms with Gasteiger partial charge in [0.1, 0.15) is 0 Å². The van der Waals surface area contributed by atoms with Crippen LogP contribution in [0.4, 0.5) is 5.69 Å². The van der Waals surface area contributed by atoms with E-state index >= 15 is 0 Å². The SMILES string of the molecule is CCN(CCNc1ccccc1Cl)C(C)COC. The fourth-order valence-electron chi connectivity index (χ4n) is 1.98. The molecule has 1 aromatic rings. The van der Waals surface area contributed by atoms with Crippen LogP contribution in [0.3, 0.4) is 0 Å². The van der Waals surface area contributed by atoms with Crippen LogP contribution in [-0.2, 0) is 4.74 Å². The predicted molar refractivity (Wildman–Crippen MR) is 78.5 cm³/mol. The van der Waals surface area contributed by atoms with Gasteiger partial charge in [-0.15, -0.1) is 0 Å². The van der Waals surface area contributed by atoms with E-state index in [1.54, 1.807) is 7.11 Å². The maximum atomic E-state index is 6.09. The van der Waals surface area contributed by atoms with Crippen LogP contribution in [0.5, 0.6) is 0 Å². The number of nitrogens with zero attached hydrogens (tertiary/aromatic N) is 1. The van der Waals surface area contributed by atoms with Crippen molar-refractivity contribution in [2.24, 2.45) is 0 Å². The van der Waals surface area contributed by atoms with Crippen molar-refractivity contribution in [1.82, 2.24) is 4.90 Å². The van der Waals surface area contributed by atoms with Gasteiger partial charge in [-0.3, -0.25) is 4.90 Å². The molecule has 0 aliphatic carbocycles. The second-order valence-electron chi connectivity index (χ2n) is 4.34. The standard InChI is InChI=1S/C14H23ClN2O/c1-4-17(12(2)11-18-3)10-9-16-14-8-6-5-7-13(14)15/h5-8,12,16H,4,9-11H2,1-3H3. The van der Waals surface area contributed by atoms with E-state index in [-0.39, 0.29) is 0 Å². The minimum Gasteiger partial charge on any atom is -0.383 e. The summed E-state index contributed by atoms with van der Waals surface area (Å²) in [7, 11) is 1.74. The maximum absolute atomic E-state index is 6.09. The summed E-state index contributed by atoms with van der Waals surface area (Å²) in [5.41, 5.74) is 0.995. The molecule has 18 heavy (non-hydrogen) atoms. The van der Waals surface area contributed by atoms with Crippen molar-refractivity contribution >= 4 is 17.3 Å². The molecule has 1 atom stereocenters. The Morgan fingerprint density at radius 3 is 2.72 bits per heavy atom. The highest BCUT2D eigenvalue weighted by atomic mass is 35.5. The number of halogens is 1. The van der Waals surface area contributed by atoms with Gasteiger partial charge in [0.15, 0.2) is 0 Å². The zero-order valence-corrected chi connectivity index (χ0v) is 12.2. The Bertz CT molecular complexity index is 346. The minimum atomic E-state index is 0.438. The van der Waals surface area contributed by atoms with E-state index in [1.807, 2.05) is 24.3 Å². The Morgan fingerprint density at radius 2 is 2.11 bits per heavy atom. The van der Waals surface area contributed by atoms with Crippen LogP contribution in [0, 0.1) is 0 Å². The van der Waals surface area contributed by atoms with Crippen LogP contribution < -0.4 is 5.32 Å². The number of nitrogens with one attached hydrogen (secondary N) is 1. The number of benzene rings is 1. The van der Waals surface area contributed by atoms with Crippen molar-refractivity contribution in [3.8, 4) is 0 Å². The molecule has 1 aromatic carbocycles. The molecule has 0 bridgehead atoms. The lowest BCUT2D eigenvalue weighted by atomic mass is 10.3. The van der Waals surface area contributed by atoms with Gasteiger partial charge in [-0.1, -0.05) is 30.7 Å². The van der Waals surface area contributed by atoms with E-state index in [4.69, 9.17) is 16.3 Å². The molecular formula is C14H23ClN2O. The normalized spacial score (nSPS) is 12.7. The van der Waals surface area contributed by atoms with Crippen molar-refractivity contribution in [2.75, 3.05) is 38.7 Å². The van der Waals surface area contributed by atoms with Crippen molar-refractivity contribution in [2.45, 2.75) is 19.9 Å². The van der Waals surface area contributed by atoms with Gasteiger partial charge >= 0.3 is 0 Å².